The Hall–Kier alpha value is -2.66. The van der Waals surface area contributed by atoms with Gasteiger partial charge in [-0.15, -0.1) is 0 Å². The van der Waals surface area contributed by atoms with E-state index in [9.17, 15) is 13.2 Å². The van der Waals surface area contributed by atoms with Crippen molar-refractivity contribution < 1.29 is 13.2 Å². The Kier molecular flexibility index (Phi) is 7.44. The number of aryl methyl sites for hydroxylation is 4. The van der Waals surface area contributed by atoms with Gasteiger partial charge in [0, 0.05) is 30.4 Å². The predicted octanol–water partition coefficient (Wildman–Crippen LogP) is 8.28. The molecule has 1 atom stereocenters. The maximum Gasteiger partial charge on any atom is 0.416 e. The Balaban J connectivity index is 1.58. The second kappa shape index (κ2) is 10.6. The summed E-state index contributed by atoms with van der Waals surface area (Å²) in [6.45, 7) is 7.73. The van der Waals surface area contributed by atoms with Gasteiger partial charge in [-0.25, -0.2) is 0 Å². The summed E-state index contributed by atoms with van der Waals surface area (Å²) in [7, 11) is 0. The lowest BCUT2D eigenvalue weighted by molar-refractivity contribution is -0.138. The van der Waals surface area contributed by atoms with Crippen molar-refractivity contribution in [2.75, 3.05) is 6.54 Å². The van der Waals surface area contributed by atoms with Gasteiger partial charge in [0.1, 0.15) is 0 Å². The number of nitrogens with zero attached hydrogens (tertiary/aromatic N) is 2. The monoisotopic (exact) mass is 506 g/mol. The van der Waals surface area contributed by atoms with Crippen molar-refractivity contribution in [3.63, 3.8) is 0 Å². The summed E-state index contributed by atoms with van der Waals surface area (Å²) in [6, 6.07) is 13.6. The molecule has 0 spiro atoms. The van der Waals surface area contributed by atoms with E-state index in [2.05, 4.69) is 49.9 Å². The molecule has 0 fully saturated rings. The molecule has 2 aromatic carbocycles. The molecule has 0 saturated heterocycles. The predicted molar refractivity (Wildman–Crippen MR) is 144 cm³/mol. The van der Waals surface area contributed by atoms with Crippen LogP contribution in [0.3, 0.4) is 0 Å². The van der Waals surface area contributed by atoms with Crippen LogP contribution in [-0.4, -0.2) is 16.4 Å². The lowest BCUT2D eigenvalue weighted by Crippen LogP contribution is -2.37. The van der Waals surface area contributed by atoms with Gasteiger partial charge < -0.3 is 0 Å². The molecule has 0 radical (unpaired) electrons. The van der Waals surface area contributed by atoms with Gasteiger partial charge in [-0.2, -0.15) is 13.2 Å². The molecule has 0 N–H and O–H groups in total. The summed E-state index contributed by atoms with van der Waals surface area (Å²) in [5, 5.41) is 0. The van der Waals surface area contributed by atoms with Crippen LogP contribution in [0.1, 0.15) is 90.7 Å². The Bertz CT molecular complexity index is 1260. The molecule has 196 valence electrons. The number of alkyl halides is 3. The summed E-state index contributed by atoms with van der Waals surface area (Å²) >= 11 is 0. The largest absolute Gasteiger partial charge is 0.416 e. The highest BCUT2D eigenvalue weighted by molar-refractivity contribution is 5.69. The first-order valence-corrected chi connectivity index (χ1v) is 13.9. The van der Waals surface area contributed by atoms with Crippen LogP contribution in [-0.2, 0) is 44.8 Å². The minimum absolute atomic E-state index is 0.119. The zero-order chi connectivity index (χ0) is 26.2. The number of halogens is 3. The average molecular weight is 507 g/mol. The summed E-state index contributed by atoms with van der Waals surface area (Å²) in [5.74, 6) is 0. The fourth-order valence-corrected chi connectivity index (χ4v) is 6.54. The Morgan fingerprint density at radius 1 is 0.946 bits per heavy atom. The van der Waals surface area contributed by atoms with Gasteiger partial charge in [0.25, 0.3) is 0 Å². The van der Waals surface area contributed by atoms with Crippen LogP contribution in [0.5, 0.6) is 0 Å². The molecule has 3 aromatic rings. The van der Waals surface area contributed by atoms with Gasteiger partial charge in [-0.3, -0.25) is 9.88 Å². The second-order valence-electron chi connectivity index (χ2n) is 10.5. The Labute approximate surface area is 218 Å². The summed E-state index contributed by atoms with van der Waals surface area (Å²) in [6.07, 6.45) is 3.16. The fraction of sp³-hybridized carbons (Fsp3) is 0.469. The standard InChI is InChI=1S/C32H37F3N2/c1-4-10-24-19-28(30-21(5-2)11-7-12-22(30)6-3)36-27-15-9-16-29(31(24)27)37-18-17-23-13-8-14-26(25(23)20-37)32(33,34)35/h7-8,11-14,19,29H,4-6,9-10,15-18,20H2,1-3H3. The smallest absolute Gasteiger partial charge is 0.292 e. The fourth-order valence-electron chi connectivity index (χ4n) is 6.54. The number of aromatic nitrogens is 1. The lowest BCUT2D eigenvalue weighted by Gasteiger charge is -2.40. The maximum atomic E-state index is 13.8. The molecule has 1 unspecified atom stereocenters. The highest BCUT2D eigenvalue weighted by atomic mass is 19.4. The van der Waals surface area contributed by atoms with Crippen LogP contribution in [0.15, 0.2) is 42.5 Å². The van der Waals surface area contributed by atoms with E-state index in [1.807, 2.05) is 6.07 Å². The van der Waals surface area contributed by atoms with Gasteiger partial charge in [0.2, 0.25) is 0 Å². The first kappa shape index (κ1) is 26.0. The third kappa shape index (κ3) is 4.95. The molecular weight excluding hydrogens is 469 g/mol. The summed E-state index contributed by atoms with van der Waals surface area (Å²) in [5.41, 5.74) is 9.59. The van der Waals surface area contributed by atoms with Gasteiger partial charge >= 0.3 is 6.18 Å². The Morgan fingerprint density at radius 2 is 1.68 bits per heavy atom. The topological polar surface area (TPSA) is 16.1 Å². The molecule has 1 aliphatic heterocycles. The van der Waals surface area contributed by atoms with Crippen molar-refractivity contribution in [3.8, 4) is 11.3 Å². The SMILES string of the molecule is CCCc1cc(-c2c(CC)cccc2CC)nc2c1C(N1CCc3cccc(C(F)(F)F)c3C1)CCC2. The summed E-state index contributed by atoms with van der Waals surface area (Å²) < 4.78 is 41.5. The molecule has 1 aliphatic carbocycles. The van der Waals surface area contributed by atoms with Crippen LogP contribution in [0.25, 0.3) is 11.3 Å². The number of rotatable bonds is 6. The number of pyridine rings is 1. The molecule has 5 heteroatoms. The molecule has 0 bridgehead atoms. The van der Waals surface area contributed by atoms with Crippen LogP contribution in [0.2, 0.25) is 0 Å². The van der Waals surface area contributed by atoms with Crippen molar-refractivity contribution in [1.82, 2.24) is 9.88 Å². The van der Waals surface area contributed by atoms with Crippen LogP contribution in [0, 0.1) is 0 Å². The molecular formula is C32H37F3N2. The third-order valence-corrected chi connectivity index (χ3v) is 8.27. The minimum Gasteiger partial charge on any atom is -0.292 e. The maximum absolute atomic E-state index is 13.8. The van der Waals surface area contributed by atoms with Gasteiger partial charge in [-0.05, 0) is 90.5 Å². The van der Waals surface area contributed by atoms with E-state index < -0.39 is 11.7 Å². The Morgan fingerprint density at radius 3 is 2.35 bits per heavy atom. The number of hydrogen-bond donors (Lipinski definition) is 0. The van der Waals surface area contributed by atoms with E-state index in [0.29, 0.717) is 18.5 Å². The van der Waals surface area contributed by atoms with Crippen molar-refractivity contribution >= 4 is 0 Å². The number of benzene rings is 2. The molecule has 5 rings (SSSR count). The van der Waals surface area contributed by atoms with Crippen LogP contribution < -0.4 is 0 Å². The summed E-state index contributed by atoms with van der Waals surface area (Å²) in [4.78, 5) is 7.58. The lowest BCUT2D eigenvalue weighted by atomic mass is 9.82. The zero-order valence-electron chi connectivity index (χ0n) is 22.2. The second-order valence-corrected chi connectivity index (χ2v) is 10.5. The van der Waals surface area contributed by atoms with E-state index in [1.165, 1.54) is 33.9 Å². The molecule has 0 saturated carbocycles. The van der Waals surface area contributed by atoms with Crippen molar-refractivity contribution in [3.05, 3.63) is 87.1 Å². The molecule has 0 amide bonds. The van der Waals surface area contributed by atoms with E-state index >= 15 is 0 Å². The molecule has 1 aromatic heterocycles. The van der Waals surface area contributed by atoms with E-state index in [4.69, 9.17) is 4.98 Å². The van der Waals surface area contributed by atoms with Crippen molar-refractivity contribution in [2.24, 2.45) is 0 Å². The molecule has 2 heterocycles. The normalized spacial score (nSPS) is 17.9. The van der Waals surface area contributed by atoms with Crippen molar-refractivity contribution in [2.45, 2.75) is 90.9 Å². The first-order valence-electron chi connectivity index (χ1n) is 13.9. The van der Waals surface area contributed by atoms with Gasteiger partial charge in [-0.1, -0.05) is 57.5 Å². The van der Waals surface area contributed by atoms with E-state index in [1.54, 1.807) is 6.07 Å². The van der Waals surface area contributed by atoms with Gasteiger partial charge in [0.15, 0.2) is 0 Å². The minimum atomic E-state index is -4.33. The van der Waals surface area contributed by atoms with E-state index in [-0.39, 0.29) is 6.04 Å². The highest BCUT2D eigenvalue weighted by Gasteiger charge is 2.38. The quantitative estimate of drug-likeness (QED) is 0.334. The zero-order valence-corrected chi connectivity index (χ0v) is 22.2. The third-order valence-electron chi connectivity index (χ3n) is 8.27. The highest BCUT2D eigenvalue weighted by Crippen LogP contribution is 2.43. The van der Waals surface area contributed by atoms with Crippen LogP contribution >= 0.6 is 0 Å². The van der Waals surface area contributed by atoms with Crippen molar-refractivity contribution in [1.29, 1.82) is 0 Å². The molecule has 37 heavy (non-hydrogen) atoms. The first-order chi connectivity index (χ1) is 17.9. The molecule has 2 nitrogen and oxygen atoms in total. The number of hydrogen-bond acceptors (Lipinski definition) is 2. The van der Waals surface area contributed by atoms with Crippen LogP contribution in [0.4, 0.5) is 13.2 Å². The number of fused-ring (bicyclic) bond motifs is 2. The molecule has 2 aliphatic rings. The van der Waals surface area contributed by atoms with E-state index in [0.717, 1.165) is 68.4 Å². The average Bonchev–Trinajstić information content (AvgIpc) is 2.91. The van der Waals surface area contributed by atoms with Gasteiger partial charge in [0.05, 0.1) is 11.3 Å².